The Morgan fingerprint density at radius 1 is 0.774 bits per heavy atom. The Labute approximate surface area is 179 Å². The zero-order valence-corrected chi connectivity index (χ0v) is 18.0. The summed E-state index contributed by atoms with van der Waals surface area (Å²) in [6.07, 6.45) is -5.42. The van der Waals surface area contributed by atoms with Crippen LogP contribution in [0.4, 0.5) is 0 Å². The zero-order valence-electron chi connectivity index (χ0n) is 18.0. The summed E-state index contributed by atoms with van der Waals surface area (Å²) < 4.78 is 32.5. The topological polar surface area (TPSA) is 124 Å². The standard InChI is InChI=1S/C21H26O10/c1-11(22)27-10-17-19(28-12(2)23)21(30-14(4)25)20(29-13(3)24)18(31-17)15-6-8-16(26-5)9-7-15/h6-9,17-21H,10H2,1-5H3/t17-,18-,19+,20+,21+/m1/s1. The van der Waals surface area contributed by atoms with Crippen molar-refractivity contribution in [3.63, 3.8) is 0 Å². The molecule has 0 unspecified atom stereocenters. The minimum absolute atomic E-state index is 0.273. The van der Waals surface area contributed by atoms with Crippen molar-refractivity contribution in [3.05, 3.63) is 29.8 Å². The predicted molar refractivity (Wildman–Crippen MR) is 104 cm³/mol. The van der Waals surface area contributed by atoms with E-state index in [1.165, 1.54) is 34.8 Å². The van der Waals surface area contributed by atoms with Gasteiger partial charge in [0.15, 0.2) is 18.3 Å². The summed E-state index contributed by atoms with van der Waals surface area (Å²) in [5, 5.41) is 0. The molecule has 0 aromatic heterocycles. The third-order valence-corrected chi connectivity index (χ3v) is 4.44. The van der Waals surface area contributed by atoms with E-state index in [1.54, 1.807) is 24.3 Å². The second-order valence-corrected chi connectivity index (χ2v) is 6.89. The van der Waals surface area contributed by atoms with Crippen molar-refractivity contribution >= 4 is 23.9 Å². The van der Waals surface area contributed by atoms with Crippen LogP contribution in [0.2, 0.25) is 0 Å². The molecule has 0 N–H and O–H groups in total. The summed E-state index contributed by atoms with van der Waals surface area (Å²) >= 11 is 0. The van der Waals surface area contributed by atoms with Crippen LogP contribution < -0.4 is 4.74 Å². The Balaban J connectivity index is 2.51. The van der Waals surface area contributed by atoms with Crippen LogP contribution in [0.5, 0.6) is 5.75 Å². The second kappa shape index (κ2) is 10.8. The van der Waals surface area contributed by atoms with Crippen LogP contribution in [0.25, 0.3) is 0 Å². The van der Waals surface area contributed by atoms with Crippen molar-refractivity contribution in [2.75, 3.05) is 13.7 Å². The molecule has 170 valence electrons. The van der Waals surface area contributed by atoms with Crippen LogP contribution >= 0.6 is 0 Å². The summed E-state index contributed by atoms with van der Waals surface area (Å²) in [5.41, 5.74) is 0.582. The van der Waals surface area contributed by atoms with Gasteiger partial charge in [0.05, 0.1) is 7.11 Å². The molecule has 10 nitrogen and oxygen atoms in total. The molecular weight excluding hydrogens is 412 g/mol. The van der Waals surface area contributed by atoms with Gasteiger partial charge in [-0.2, -0.15) is 0 Å². The van der Waals surface area contributed by atoms with E-state index in [-0.39, 0.29) is 6.61 Å². The van der Waals surface area contributed by atoms with E-state index in [0.717, 1.165) is 0 Å². The Morgan fingerprint density at radius 2 is 1.29 bits per heavy atom. The first-order valence-corrected chi connectivity index (χ1v) is 9.56. The van der Waals surface area contributed by atoms with Crippen LogP contribution in [-0.4, -0.2) is 62.0 Å². The molecule has 1 heterocycles. The van der Waals surface area contributed by atoms with E-state index < -0.39 is 54.4 Å². The fraction of sp³-hybridized carbons (Fsp3) is 0.524. The van der Waals surface area contributed by atoms with Crippen molar-refractivity contribution in [3.8, 4) is 5.75 Å². The van der Waals surface area contributed by atoms with Crippen LogP contribution in [0.15, 0.2) is 24.3 Å². The van der Waals surface area contributed by atoms with E-state index in [0.29, 0.717) is 11.3 Å². The molecule has 1 saturated heterocycles. The first kappa shape index (κ1) is 24.1. The van der Waals surface area contributed by atoms with Crippen LogP contribution in [-0.2, 0) is 42.9 Å². The smallest absolute Gasteiger partial charge is 0.303 e. The van der Waals surface area contributed by atoms with E-state index >= 15 is 0 Å². The van der Waals surface area contributed by atoms with Crippen molar-refractivity contribution in [1.82, 2.24) is 0 Å². The van der Waals surface area contributed by atoms with Crippen LogP contribution in [0, 0.1) is 0 Å². The summed E-state index contributed by atoms with van der Waals surface area (Å²) in [7, 11) is 1.52. The molecule has 1 aromatic carbocycles. The summed E-state index contributed by atoms with van der Waals surface area (Å²) in [4.78, 5) is 46.7. The lowest BCUT2D eigenvalue weighted by Crippen LogP contribution is -2.59. The number of methoxy groups -OCH3 is 1. The minimum atomic E-state index is -1.20. The van der Waals surface area contributed by atoms with Gasteiger partial charge in [0.25, 0.3) is 0 Å². The molecule has 1 aromatic rings. The molecule has 10 heteroatoms. The van der Waals surface area contributed by atoms with Crippen molar-refractivity contribution in [2.45, 2.75) is 58.2 Å². The fourth-order valence-electron chi connectivity index (χ4n) is 3.29. The van der Waals surface area contributed by atoms with E-state index in [4.69, 9.17) is 28.4 Å². The van der Waals surface area contributed by atoms with Crippen LogP contribution in [0.1, 0.15) is 39.4 Å². The number of carbonyl (C=O) groups excluding carboxylic acids is 4. The van der Waals surface area contributed by atoms with E-state index in [9.17, 15) is 19.2 Å². The van der Waals surface area contributed by atoms with E-state index in [1.807, 2.05) is 0 Å². The highest BCUT2D eigenvalue weighted by Crippen LogP contribution is 2.38. The summed E-state index contributed by atoms with van der Waals surface area (Å²) in [5.74, 6) is -1.99. The molecule has 31 heavy (non-hydrogen) atoms. The van der Waals surface area contributed by atoms with E-state index in [2.05, 4.69) is 0 Å². The second-order valence-electron chi connectivity index (χ2n) is 6.89. The van der Waals surface area contributed by atoms with Gasteiger partial charge < -0.3 is 28.4 Å². The minimum Gasteiger partial charge on any atom is -0.497 e. The van der Waals surface area contributed by atoms with Crippen molar-refractivity contribution in [2.24, 2.45) is 0 Å². The lowest BCUT2D eigenvalue weighted by molar-refractivity contribution is -0.254. The third kappa shape index (κ3) is 6.68. The maximum atomic E-state index is 11.8. The molecule has 1 aliphatic rings. The number of hydrogen-bond donors (Lipinski definition) is 0. The normalized spacial score (nSPS) is 25.1. The molecule has 0 spiro atoms. The highest BCUT2D eigenvalue weighted by molar-refractivity contribution is 5.68. The van der Waals surface area contributed by atoms with Gasteiger partial charge in [-0.15, -0.1) is 0 Å². The monoisotopic (exact) mass is 438 g/mol. The molecule has 2 rings (SSSR count). The van der Waals surface area contributed by atoms with Gasteiger partial charge >= 0.3 is 23.9 Å². The van der Waals surface area contributed by atoms with Gasteiger partial charge in [-0.25, -0.2) is 0 Å². The molecule has 5 atom stereocenters. The molecule has 0 radical (unpaired) electrons. The quantitative estimate of drug-likeness (QED) is 0.457. The van der Waals surface area contributed by atoms with Gasteiger partial charge in [-0.05, 0) is 17.7 Å². The SMILES string of the molecule is COc1ccc([C@H]2O[C@H](COC(C)=O)[C@H](OC(C)=O)[C@H](OC(C)=O)[C@H]2OC(C)=O)cc1. The van der Waals surface area contributed by atoms with Gasteiger partial charge in [0.2, 0.25) is 0 Å². The first-order valence-electron chi connectivity index (χ1n) is 9.56. The molecule has 0 bridgehead atoms. The molecular formula is C21H26O10. The highest BCUT2D eigenvalue weighted by Gasteiger charge is 2.52. The molecule has 0 aliphatic carbocycles. The Morgan fingerprint density at radius 3 is 1.77 bits per heavy atom. The average molecular weight is 438 g/mol. The maximum Gasteiger partial charge on any atom is 0.303 e. The third-order valence-electron chi connectivity index (χ3n) is 4.44. The molecule has 1 fully saturated rings. The number of rotatable bonds is 7. The number of hydrogen-bond acceptors (Lipinski definition) is 10. The summed E-state index contributed by atoms with van der Waals surface area (Å²) in [6.45, 7) is 4.49. The molecule has 1 aliphatic heterocycles. The van der Waals surface area contributed by atoms with Crippen LogP contribution in [0.3, 0.4) is 0 Å². The van der Waals surface area contributed by atoms with Gasteiger partial charge in [-0.1, -0.05) is 12.1 Å². The maximum absolute atomic E-state index is 11.8. The lowest BCUT2D eigenvalue weighted by Gasteiger charge is -2.44. The zero-order chi connectivity index (χ0) is 23.1. The van der Waals surface area contributed by atoms with Gasteiger partial charge in [0, 0.05) is 27.7 Å². The number of benzene rings is 1. The Hall–Kier alpha value is -3.14. The first-order chi connectivity index (χ1) is 14.6. The van der Waals surface area contributed by atoms with Gasteiger partial charge in [-0.3, -0.25) is 19.2 Å². The highest BCUT2D eigenvalue weighted by atomic mass is 16.7. The lowest BCUT2D eigenvalue weighted by atomic mass is 9.90. The number of carbonyl (C=O) groups is 4. The van der Waals surface area contributed by atoms with Crippen molar-refractivity contribution < 1.29 is 47.6 Å². The largest absolute Gasteiger partial charge is 0.497 e. The van der Waals surface area contributed by atoms with Crippen molar-refractivity contribution in [1.29, 1.82) is 0 Å². The predicted octanol–water partition coefficient (Wildman–Crippen LogP) is 1.49. The average Bonchev–Trinajstić information content (AvgIpc) is 2.68. The molecule has 0 amide bonds. The summed E-state index contributed by atoms with van der Waals surface area (Å²) in [6, 6.07) is 6.76. The Kier molecular flexibility index (Phi) is 8.38. The fourth-order valence-corrected chi connectivity index (χ4v) is 3.29. The van der Waals surface area contributed by atoms with Gasteiger partial charge in [0.1, 0.15) is 24.6 Å². The number of ether oxygens (including phenoxy) is 6. The number of esters is 4. The molecule has 0 saturated carbocycles. The Bertz CT molecular complexity index is 803.